The third-order valence-electron chi connectivity index (χ3n) is 9.26. The van der Waals surface area contributed by atoms with E-state index in [4.69, 9.17) is 4.74 Å². The number of hydrogen-bond acceptors (Lipinski definition) is 4. The van der Waals surface area contributed by atoms with Gasteiger partial charge >= 0.3 is 5.97 Å². The minimum absolute atomic E-state index is 0.0675. The Bertz CT molecular complexity index is 737. The Kier molecular flexibility index (Phi) is 4.83. The first-order valence-corrected chi connectivity index (χ1v) is 11.1. The van der Waals surface area contributed by atoms with Crippen molar-refractivity contribution in [1.29, 1.82) is 0 Å². The first-order valence-electron chi connectivity index (χ1n) is 11.1. The maximum absolute atomic E-state index is 12.4. The predicted octanol–water partition coefficient (Wildman–Crippen LogP) is 4.51. The summed E-state index contributed by atoms with van der Waals surface area (Å²) in [5.74, 6) is 2.30. The fraction of sp³-hybridized carbons (Fsp3) is 0.792. The standard InChI is InChI=1S/C24H34O4/c1-14(25)20-7-8-21-19-6-5-16-11-18(27)12-17(13-28-15(2)26)24(16,4)22(19)9-10-23(20,21)3/h11,17,19-22H,5-10,12-13H2,1-4H3/t17-,19-,20+,21-,22-,23+,24+/m0/s1. The molecule has 7 atom stereocenters. The highest BCUT2D eigenvalue weighted by Crippen LogP contribution is 2.67. The molecule has 0 aromatic carbocycles. The minimum Gasteiger partial charge on any atom is -0.466 e. The number of ketones is 2. The van der Waals surface area contributed by atoms with Crippen LogP contribution in [0.2, 0.25) is 0 Å². The molecule has 154 valence electrons. The van der Waals surface area contributed by atoms with Gasteiger partial charge in [0.2, 0.25) is 0 Å². The van der Waals surface area contributed by atoms with Crippen LogP contribution in [-0.2, 0) is 19.1 Å². The average molecular weight is 387 g/mol. The molecule has 0 aromatic rings. The fourth-order valence-electron chi connectivity index (χ4n) is 7.88. The summed E-state index contributed by atoms with van der Waals surface area (Å²) in [5.41, 5.74) is 1.36. The molecule has 4 aliphatic carbocycles. The van der Waals surface area contributed by atoms with Crippen LogP contribution in [0.3, 0.4) is 0 Å². The van der Waals surface area contributed by atoms with Gasteiger partial charge in [-0.05, 0) is 80.1 Å². The number of allylic oxidation sites excluding steroid dienone is 1. The highest BCUT2D eigenvalue weighted by Gasteiger charge is 2.61. The Morgan fingerprint density at radius 1 is 1.11 bits per heavy atom. The summed E-state index contributed by atoms with van der Waals surface area (Å²) in [5, 5.41) is 0. The molecule has 4 heteroatoms. The molecule has 0 heterocycles. The predicted molar refractivity (Wildman–Crippen MR) is 106 cm³/mol. The van der Waals surface area contributed by atoms with E-state index in [0.717, 1.165) is 38.5 Å². The van der Waals surface area contributed by atoms with Gasteiger partial charge in [0, 0.05) is 25.2 Å². The van der Waals surface area contributed by atoms with Crippen LogP contribution in [0, 0.1) is 40.4 Å². The average Bonchev–Trinajstić information content (AvgIpc) is 2.97. The van der Waals surface area contributed by atoms with Gasteiger partial charge in [-0.25, -0.2) is 0 Å². The lowest BCUT2D eigenvalue weighted by Crippen LogP contribution is -2.54. The summed E-state index contributed by atoms with van der Waals surface area (Å²) in [6.07, 6.45) is 8.89. The summed E-state index contributed by atoms with van der Waals surface area (Å²) in [6.45, 7) is 8.25. The third-order valence-corrected chi connectivity index (χ3v) is 9.26. The van der Waals surface area contributed by atoms with Gasteiger partial charge in [0.05, 0.1) is 6.61 Å². The van der Waals surface area contributed by atoms with E-state index in [1.54, 1.807) is 6.92 Å². The van der Waals surface area contributed by atoms with E-state index in [0.29, 0.717) is 36.6 Å². The van der Waals surface area contributed by atoms with E-state index in [1.807, 2.05) is 6.08 Å². The van der Waals surface area contributed by atoms with Crippen LogP contribution in [-0.4, -0.2) is 24.1 Å². The number of esters is 1. The first kappa shape index (κ1) is 19.8. The van der Waals surface area contributed by atoms with Crippen LogP contribution >= 0.6 is 0 Å². The molecule has 0 amide bonds. The van der Waals surface area contributed by atoms with E-state index in [-0.39, 0.29) is 34.4 Å². The van der Waals surface area contributed by atoms with E-state index < -0.39 is 0 Å². The molecule has 0 aromatic heterocycles. The van der Waals surface area contributed by atoms with Gasteiger partial charge in [0.1, 0.15) is 5.78 Å². The Hall–Kier alpha value is -1.45. The van der Waals surface area contributed by atoms with Gasteiger partial charge < -0.3 is 4.74 Å². The number of Topliss-reactive ketones (excluding diaryl/α,β-unsaturated/α-hetero) is 1. The molecule has 4 aliphatic rings. The van der Waals surface area contributed by atoms with E-state index in [1.165, 1.54) is 12.5 Å². The Morgan fingerprint density at radius 2 is 1.86 bits per heavy atom. The molecule has 0 saturated heterocycles. The first-order chi connectivity index (χ1) is 13.2. The van der Waals surface area contributed by atoms with E-state index in [9.17, 15) is 14.4 Å². The zero-order valence-electron chi connectivity index (χ0n) is 17.8. The topological polar surface area (TPSA) is 60.4 Å². The Morgan fingerprint density at radius 3 is 2.54 bits per heavy atom. The zero-order valence-corrected chi connectivity index (χ0v) is 17.8. The maximum atomic E-state index is 12.4. The van der Waals surface area contributed by atoms with Gasteiger partial charge in [0.25, 0.3) is 0 Å². The van der Waals surface area contributed by atoms with Crippen molar-refractivity contribution in [3.63, 3.8) is 0 Å². The van der Waals surface area contributed by atoms with Crippen LogP contribution in [0.15, 0.2) is 11.6 Å². The number of ether oxygens (including phenoxy) is 1. The second kappa shape index (κ2) is 6.81. The highest BCUT2D eigenvalue weighted by atomic mass is 16.5. The fourth-order valence-corrected chi connectivity index (χ4v) is 7.88. The van der Waals surface area contributed by atoms with Crippen LogP contribution < -0.4 is 0 Å². The molecule has 0 radical (unpaired) electrons. The van der Waals surface area contributed by atoms with Crippen LogP contribution in [0.5, 0.6) is 0 Å². The molecule has 4 rings (SSSR count). The van der Waals surface area contributed by atoms with Crippen LogP contribution in [0.4, 0.5) is 0 Å². The maximum Gasteiger partial charge on any atom is 0.302 e. The molecular formula is C24H34O4. The van der Waals surface area contributed by atoms with Crippen molar-refractivity contribution < 1.29 is 19.1 Å². The van der Waals surface area contributed by atoms with Crippen molar-refractivity contribution >= 4 is 17.5 Å². The SMILES string of the molecule is CC(=O)OC[C@@H]1CC(=O)C=C2CC[C@H]3[C@@H]4CC[C@H](C(C)=O)[C@@]4(C)CC[C@@H]3[C@]21C. The van der Waals surface area contributed by atoms with Gasteiger partial charge in [-0.15, -0.1) is 0 Å². The van der Waals surface area contributed by atoms with E-state index >= 15 is 0 Å². The van der Waals surface area contributed by atoms with Crippen molar-refractivity contribution in [2.24, 2.45) is 40.4 Å². The lowest BCUT2D eigenvalue weighted by molar-refractivity contribution is -0.148. The number of carbonyl (C=O) groups excluding carboxylic acids is 3. The number of fused-ring (bicyclic) bond motifs is 5. The number of carbonyl (C=O) groups is 3. The second-order valence-electron chi connectivity index (χ2n) is 10.3. The summed E-state index contributed by atoms with van der Waals surface area (Å²) < 4.78 is 5.42. The van der Waals surface area contributed by atoms with Crippen molar-refractivity contribution in [3.8, 4) is 0 Å². The molecule has 0 N–H and O–H groups in total. The molecular weight excluding hydrogens is 352 g/mol. The van der Waals surface area contributed by atoms with Crippen LogP contribution in [0.25, 0.3) is 0 Å². The van der Waals surface area contributed by atoms with E-state index in [2.05, 4.69) is 13.8 Å². The highest BCUT2D eigenvalue weighted by molar-refractivity contribution is 5.92. The molecule has 3 saturated carbocycles. The summed E-state index contributed by atoms with van der Waals surface area (Å²) >= 11 is 0. The molecule has 28 heavy (non-hydrogen) atoms. The van der Waals surface area contributed by atoms with Crippen LogP contribution in [0.1, 0.15) is 72.6 Å². The van der Waals surface area contributed by atoms with Crippen molar-refractivity contribution in [1.82, 2.24) is 0 Å². The second-order valence-corrected chi connectivity index (χ2v) is 10.3. The Labute approximate surface area is 168 Å². The van der Waals surface area contributed by atoms with Gasteiger partial charge in [-0.1, -0.05) is 19.4 Å². The smallest absolute Gasteiger partial charge is 0.302 e. The van der Waals surface area contributed by atoms with Gasteiger partial charge in [-0.3, -0.25) is 14.4 Å². The summed E-state index contributed by atoms with van der Waals surface area (Å²) in [7, 11) is 0. The zero-order chi connectivity index (χ0) is 20.3. The summed E-state index contributed by atoms with van der Waals surface area (Å²) in [6, 6.07) is 0. The quantitative estimate of drug-likeness (QED) is 0.670. The van der Waals surface area contributed by atoms with Crippen molar-refractivity contribution in [2.75, 3.05) is 6.61 Å². The summed E-state index contributed by atoms with van der Waals surface area (Å²) in [4.78, 5) is 36.1. The Balaban J connectivity index is 1.67. The molecule has 0 bridgehead atoms. The minimum atomic E-state index is -0.268. The molecule has 4 nitrogen and oxygen atoms in total. The number of hydrogen-bond donors (Lipinski definition) is 0. The molecule has 0 aliphatic heterocycles. The van der Waals surface area contributed by atoms with Crippen molar-refractivity contribution in [3.05, 3.63) is 11.6 Å². The molecule has 0 spiro atoms. The lowest BCUT2D eigenvalue weighted by Gasteiger charge is -2.60. The normalized spacial score (nSPS) is 44.8. The number of rotatable bonds is 3. The monoisotopic (exact) mass is 386 g/mol. The molecule has 0 unspecified atom stereocenters. The van der Waals surface area contributed by atoms with Gasteiger partial charge in [-0.2, -0.15) is 0 Å². The third kappa shape index (κ3) is 2.81. The lowest BCUT2D eigenvalue weighted by atomic mass is 9.44. The molecule has 3 fully saturated rings. The largest absolute Gasteiger partial charge is 0.466 e. The van der Waals surface area contributed by atoms with Crippen molar-refractivity contribution in [2.45, 2.75) is 72.6 Å². The van der Waals surface area contributed by atoms with Gasteiger partial charge in [0.15, 0.2) is 5.78 Å².